The number of hydrogen-bond acceptors (Lipinski definition) is 6. The fourth-order valence-corrected chi connectivity index (χ4v) is 6.51. The summed E-state index contributed by atoms with van der Waals surface area (Å²) in [6, 6.07) is 9.68. The van der Waals surface area contributed by atoms with E-state index in [4.69, 9.17) is 4.52 Å². The highest BCUT2D eigenvalue weighted by Crippen LogP contribution is 2.30. The van der Waals surface area contributed by atoms with Crippen LogP contribution in [-0.2, 0) is 21.4 Å². The van der Waals surface area contributed by atoms with Gasteiger partial charge in [0.25, 0.3) is 0 Å². The standard InChI is InChI=1S/C27H32N4O4S/c1-18-14-19(2)24(20(3)15-18)10-11-25-26(21(4)30-35-25)36(33,34)31-13-7-8-22(17-31)27(32)29-16-23-9-5-6-12-28-23/h5-6,9-12,14-15,22H,7-8,13,16-17H2,1-4H3,(H,29,32)/b11-10+/t22-/m1/s1. The monoisotopic (exact) mass is 508 g/mol. The van der Waals surface area contributed by atoms with E-state index in [9.17, 15) is 13.2 Å². The molecule has 0 unspecified atom stereocenters. The predicted molar refractivity (Wildman–Crippen MR) is 138 cm³/mol. The molecule has 4 rings (SSSR count). The molecule has 9 heteroatoms. The number of piperidine rings is 1. The first-order valence-electron chi connectivity index (χ1n) is 12.1. The second-order valence-electron chi connectivity index (χ2n) is 9.35. The maximum absolute atomic E-state index is 13.7. The van der Waals surface area contributed by atoms with Gasteiger partial charge < -0.3 is 9.84 Å². The normalized spacial score (nSPS) is 16.9. The Balaban J connectivity index is 1.52. The van der Waals surface area contributed by atoms with Crippen molar-refractivity contribution in [2.45, 2.75) is 52.0 Å². The van der Waals surface area contributed by atoms with Crippen molar-refractivity contribution in [3.05, 3.63) is 75.9 Å². The quantitative estimate of drug-likeness (QED) is 0.513. The van der Waals surface area contributed by atoms with Crippen LogP contribution in [0.5, 0.6) is 0 Å². The molecule has 3 aromatic rings. The highest BCUT2D eigenvalue weighted by Gasteiger charge is 2.36. The number of rotatable bonds is 7. The third-order valence-electron chi connectivity index (χ3n) is 6.50. The molecule has 36 heavy (non-hydrogen) atoms. The Hall–Kier alpha value is -3.30. The molecule has 1 fully saturated rings. The first kappa shape index (κ1) is 25.8. The van der Waals surface area contributed by atoms with Crippen LogP contribution in [0.1, 0.15) is 52.2 Å². The minimum absolute atomic E-state index is 0.0516. The molecular formula is C27H32N4O4S. The van der Waals surface area contributed by atoms with Gasteiger partial charge in [0.2, 0.25) is 15.9 Å². The molecule has 2 aromatic heterocycles. The maximum atomic E-state index is 13.7. The number of aryl methyl sites for hydroxylation is 4. The summed E-state index contributed by atoms with van der Waals surface area (Å²) in [6.45, 7) is 8.47. The summed E-state index contributed by atoms with van der Waals surface area (Å²) in [7, 11) is -3.91. The smallest absolute Gasteiger partial charge is 0.248 e. The Kier molecular flexibility index (Phi) is 7.70. The van der Waals surface area contributed by atoms with E-state index in [1.807, 2.05) is 45.0 Å². The van der Waals surface area contributed by atoms with Crippen molar-refractivity contribution in [1.29, 1.82) is 0 Å². The number of nitrogens with one attached hydrogen (secondary N) is 1. The molecule has 1 aromatic carbocycles. The van der Waals surface area contributed by atoms with Crippen molar-refractivity contribution >= 4 is 28.1 Å². The van der Waals surface area contributed by atoms with Crippen molar-refractivity contribution in [2.24, 2.45) is 5.92 Å². The number of aromatic nitrogens is 2. The second kappa shape index (κ2) is 10.8. The summed E-state index contributed by atoms with van der Waals surface area (Å²) in [5.74, 6) is -0.420. The zero-order valence-corrected chi connectivity index (χ0v) is 21.9. The fourth-order valence-electron chi connectivity index (χ4n) is 4.74. The Bertz CT molecular complexity index is 1360. The maximum Gasteiger partial charge on any atom is 0.248 e. The van der Waals surface area contributed by atoms with E-state index >= 15 is 0 Å². The molecule has 0 bridgehead atoms. The van der Waals surface area contributed by atoms with Gasteiger partial charge in [0.1, 0.15) is 5.69 Å². The van der Waals surface area contributed by atoms with E-state index in [0.29, 0.717) is 31.6 Å². The third kappa shape index (κ3) is 5.57. The van der Waals surface area contributed by atoms with Crippen LogP contribution < -0.4 is 5.32 Å². The molecule has 8 nitrogen and oxygen atoms in total. The van der Waals surface area contributed by atoms with Crippen LogP contribution in [0.25, 0.3) is 12.2 Å². The van der Waals surface area contributed by atoms with Crippen LogP contribution in [0.4, 0.5) is 0 Å². The number of benzene rings is 1. The average molecular weight is 509 g/mol. The Morgan fingerprint density at radius 1 is 1.17 bits per heavy atom. The zero-order chi connectivity index (χ0) is 25.9. The summed E-state index contributed by atoms with van der Waals surface area (Å²) < 4.78 is 34.2. The lowest BCUT2D eigenvalue weighted by molar-refractivity contribution is -0.126. The highest BCUT2D eigenvalue weighted by atomic mass is 32.2. The molecule has 1 N–H and O–H groups in total. The molecule has 0 radical (unpaired) electrons. The minimum Gasteiger partial charge on any atom is -0.355 e. The molecule has 1 saturated heterocycles. The summed E-state index contributed by atoms with van der Waals surface area (Å²) in [5.41, 5.74) is 5.43. The highest BCUT2D eigenvalue weighted by molar-refractivity contribution is 7.89. The molecular weight excluding hydrogens is 476 g/mol. The van der Waals surface area contributed by atoms with Crippen LogP contribution in [0.2, 0.25) is 0 Å². The van der Waals surface area contributed by atoms with Gasteiger partial charge in [0.05, 0.1) is 18.2 Å². The van der Waals surface area contributed by atoms with Crippen molar-refractivity contribution in [2.75, 3.05) is 13.1 Å². The molecule has 190 valence electrons. The van der Waals surface area contributed by atoms with Gasteiger partial charge in [-0.2, -0.15) is 4.31 Å². The molecule has 1 aliphatic heterocycles. The molecule has 1 aliphatic rings. The van der Waals surface area contributed by atoms with Gasteiger partial charge in [-0.15, -0.1) is 0 Å². The van der Waals surface area contributed by atoms with E-state index in [1.54, 1.807) is 19.2 Å². The fraction of sp³-hybridized carbons (Fsp3) is 0.370. The molecule has 0 aliphatic carbocycles. The van der Waals surface area contributed by atoms with E-state index in [1.165, 1.54) is 9.87 Å². The third-order valence-corrected chi connectivity index (χ3v) is 8.52. The summed E-state index contributed by atoms with van der Waals surface area (Å²) in [4.78, 5) is 17.1. The zero-order valence-electron chi connectivity index (χ0n) is 21.1. The largest absolute Gasteiger partial charge is 0.355 e. The lowest BCUT2D eigenvalue weighted by Gasteiger charge is -2.31. The van der Waals surface area contributed by atoms with Crippen LogP contribution in [-0.4, -0.2) is 41.9 Å². The SMILES string of the molecule is Cc1cc(C)c(/C=C/c2onc(C)c2S(=O)(=O)N2CCC[C@@H](C(=O)NCc3ccccn3)C2)c(C)c1. The van der Waals surface area contributed by atoms with Crippen molar-refractivity contribution in [3.8, 4) is 0 Å². The summed E-state index contributed by atoms with van der Waals surface area (Å²) in [5, 5.41) is 6.83. The van der Waals surface area contributed by atoms with Crippen molar-refractivity contribution in [1.82, 2.24) is 19.8 Å². The molecule has 1 amide bonds. The van der Waals surface area contributed by atoms with Crippen LogP contribution in [0, 0.1) is 33.6 Å². The number of pyridine rings is 1. The number of hydrogen-bond donors (Lipinski definition) is 1. The topological polar surface area (TPSA) is 105 Å². The first-order valence-corrected chi connectivity index (χ1v) is 13.5. The van der Waals surface area contributed by atoms with Gasteiger partial charge in [-0.1, -0.05) is 35.0 Å². The predicted octanol–water partition coefficient (Wildman–Crippen LogP) is 4.19. The summed E-state index contributed by atoms with van der Waals surface area (Å²) >= 11 is 0. The Labute approximate surface area is 212 Å². The van der Waals surface area contributed by atoms with E-state index in [2.05, 4.69) is 27.6 Å². The molecule has 0 spiro atoms. The van der Waals surface area contributed by atoms with Crippen molar-refractivity contribution < 1.29 is 17.7 Å². The van der Waals surface area contributed by atoms with Crippen LogP contribution in [0.15, 0.2) is 45.9 Å². The van der Waals surface area contributed by atoms with Gasteiger partial charge >= 0.3 is 0 Å². The lowest BCUT2D eigenvalue weighted by atomic mass is 9.99. The lowest BCUT2D eigenvalue weighted by Crippen LogP contribution is -2.45. The Morgan fingerprint density at radius 3 is 2.61 bits per heavy atom. The van der Waals surface area contributed by atoms with E-state index in [-0.39, 0.29) is 23.1 Å². The first-order chi connectivity index (χ1) is 17.2. The van der Waals surface area contributed by atoms with E-state index in [0.717, 1.165) is 22.4 Å². The average Bonchev–Trinajstić information content (AvgIpc) is 3.23. The number of carbonyl (C=O) groups excluding carboxylic acids is 1. The summed E-state index contributed by atoms with van der Waals surface area (Å²) in [6.07, 6.45) is 6.43. The van der Waals surface area contributed by atoms with Gasteiger partial charge in [-0.3, -0.25) is 9.78 Å². The minimum atomic E-state index is -3.91. The number of carbonyl (C=O) groups is 1. The molecule has 1 atom stereocenters. The Morgan fingerprint density at radius 2 is 1.92 bits per heavy atom. The number of amides is 1. The number of nitrogens with zero attached hydrogens (tertiary/aromatic N) is 3. The van der Waals surface area contributed by atoms with Crippen LogP contribution >= 0.6 is 0 Å². The van der Waals surface area contributed by atoms with Gasteiger partial charge in [0.15, 0.2) is 10.7 Å². The van der Waals surface area contributed by atoms with Crippen molar-refractivity contribution in [3.63, 3.8) is 0 Å². The second-order valence-corrected chi connectivity index (χ2v) is 11.2. The van der Waals surface area contributed by atoms with Gasteiger partial charge in [-0.05, 0) is 75.4 Å². The number of sulfonamides is 1. The van der Waals surface area contributed by atoms with Gasteiger partial charge in [-0.25, -0.2) is 8.42 Å². The van der Waals surface area contributed by atoms with Crippen LogP contribution in [0.3, 0.4) is 0 Å². The molecule has 0 saturated carbocycles. The van der Waals surface area contributed by atoms with Gasteiger partial charge in [0, 0.05) is 19.3 Å². The van der Waals surface area contributed by atoms with E-state index < -0.39 is 15.9 Å². The molecule has 3 heterocycles.